The van der Waals surface area contributed by atoms with Gasteiger partial charge < -0.3 is 15.0 Å². The molecule has 2 aliphatic heterocycles. The van der Waals surface area contributed by atoms with Gasteiger partial charge in [-0.25, -0.2) is 4.98 Å². The number of hydrogen-bond donors (Lipinski definition) is 1. The van der Waals surface area contributed by atoms with Crippen molar-refractivity contribution in [2.45, 2.75) is 25.5 Å². The Bertz CT molecular complexity index is 998. The van der Waals surface area contributed by atoms with Crippen molar-refractivity contribution in [2.24, 2.45) is 0 Å². The van der Waals surface area contributed by atoms with Crippen LogP contribution in [0.1, 0.15) is 49.5 Å². The zero-order valence-corrected chi connectivity index (χ0v) is 17.1. The Kier molecular flexibility index (Phi) is 5.50. The Hall–Kier alpha value is -3.26. The minimum absolute atomic E-state index is 0.111. The molecule has 0 saturated carbocycles. The number of rotatable bonds is 6. The molecule has 0 bridgehead atoms. The number of nitrogens with zero attached hydrogens (tertiary/aromatic N) is 3. The van der Waals surface area contributed by atoms with Gasteiger partial charge in [0, 0.05) is 44.6 Å². The van der Waals surface area contributed by atoms with E-state index in [9.17, 15) is 14.4 Å². The second kappa shape index (κ2) is 8.23. The molecule has 4 rings (SSSR count). The Morgan fingerprint density at radius 1 is 1.23 bits per heavy atom. The van der Waals surface area contributed by atoms with E-state index in [-0.39, 0.29) is 35.9 Å². The quantitative estimate of drug-likeness (QED) is 0.734. The van der Waals surface area contributed by atoms with Crippen LogP contribution in [0.4, 0.5) is 5.82 Å². The van der Waals surface area contributed by atoms with Crippen LogP contribution in [-0.4, -0.2) is 61.0 Å². The van der Waals surface area contributed by atoms with Crippen molar-refractivity contribution in [3.05, 3.63) is 58.8 Å². The van der Waals surface area contributed by atoms with Crippen LogP contribution in [0.25, 0.3) is 0 Å². The van der Waals surface area contributed by atoms with Gasteiger partial charge >= 0.3 is 0 Å². The summed E-state index contributed by atoms with van der Waals surface area (Å²) in [4.78, 5) is 45.5. The molecule has 1 aromatic carbocycles. The largest absolute Gasteiger partial charge is 0.376 e. The molecule has 1 fully saturated rings. The molecule has 2 aromatic rings. The normalized spacial score (nSPS) is 17.9. The fourth-order valence-corrected chi connectivity index (χ4v) is 3.84. The van der Waals surface area contributed by atoms with E-state index in [1.54, 1.807) is 18.3 Å². The van der Waals surface area contributed by atoms with Crippen molar-refractivity contribution in [1.29, 1.82) is 0 Å². The number of ether oxygens (including phenoxy) is 1. The maximum absolute atomic E-state index is 12.8. The van der Waals surface area contributed by atoms with E-state index < -0.39 is 0 Å². The van der Waals surface area contributed by atoms with Crippen LogP contribution >= 0.6 is 0 Å². The smallest absolute Gasteiger partial charge is 0.261 e. The predicted molar refractivity (Wildman–Crippen MR) is 111 cm³/mol. The van der Waals surface area contributed by atoms with Crippen LogP contribution in [0.5, 0.6) is 0 Å². The van der Waals surface area contributed by atoms with E-state index >= 15 is 0 Å². The van der Waals surface area contributed by atoms with Crippen LogP contribution in [0, 0.1) is 0 Å². The van der Waals surface area contributed by atoms with Gasteiger partial charge in [0.2, 0.25) is 0 Å². The first kappa shape index (κ1) is 20.0. The van der Waals surface area contributed by atoms with Gasteiger partial charge in [0.15, 0.2) is 0 Å². The Morgan fingerprint density at radius 3 is 2.77 bits per heavy atom. The molecule has 8 nitrogen and oxygen atoms in total. The number of carbonyl (C=O) groups excluding carboxylic acids is 3. The number of amides is 3. The number of carbonyl (C=O) groups is 3. The highest BCUT2D eigenvalue weighted by atomic mass is 16.5. The number of pyridine rings is 1. The lowest BCUT2D eigenvalue weighted by atomic mass is 10.1. The summed E-state index contributed by atoms with van der Waals surface area (Å²) in [5.41, 5.74) is 1.81. The third kappa shape index (κ3) is 3.78. The van der Waals surface area contributed by atoms with Gasteiger partial charge in [-0.2, -0.15) is 0 Å². The molecule has 3 heterocycles. The highest BCUT2D eigenvalue weighted by Gasteiger charge is 2.37. The van der Waals surface area contributed by atoms with Gasteiger partial charge in [0.05, 0.1) is 23.8 Å². The zero-order chi connectivity index (χ0) is 21.3. The Morgan fingerprint density at radius 2 is 2.03 bits per heavy atom. The monoisotopic (exact) mass is 408 g/mol. The maximum atomic E-state index is 12.8. The first-order valence-electron chi connectivity index (χ1n) is 9.97. The molecule has 1 atom stereocenters. The van der Waals surface area contributed by atoms with Crippen molar-refractivity contribution >= 4 is 23.5 Å². The maximum Gasteiger partial charge on any atom is 0.261 e. The first-order chi connectivity index (χ1) is 14.5. The number of hydrogen-bond acceptors (Lipinski definition) is 6. The van der Waals surface area contributed by atoms with Gasteiger partial charge in [0.25, 0.3) is 17.7 Å². The van der Waals surface area contributed by atoms with E-state index in [0.29, 0.717) is 24.3 Å². The van der Waals surface area contributed by atoms with Crippen molar-refractivity contribution < 1.29 is 19.1 Å². The molecule has 3 amide bonds. The number of aromatic nitrogens is 1. The zero-order valence-electron chi connectivity index (χ0n) is 17.1. The number of anilines is 1. The number of benzene rings is 1. The summed E-state index contributed by atoms with van der Waals surface area (Å²) in [5.74, 6) is -0.243. The molecule has 0 radical (unpaired) electrons. The van der Waals surface area contributed by atoms with Crippen molar-refractivity contribution in [3.63, 3.8) is 0 Å². The Labute approximate surface area is 174 Å². The number of nitrogens with one attached hydrogen (secondary N) is 1. The van der Waals surface area contributed by atoms with Gasteiger partial charge in [-0.1, -0.05) is 6.07 Å². The van der Waals surface area contributed by atoms with Crippen LogP contribution in [-0.2, 0) is 11.3 Å². The molecule has 30 heavy (non-hydrogen) atoms. The minimum atomic E-state index is -0.373. The lowest BCUT2D eigenvalue weighted by Gasteiger charge is -2.17. The molecule has 0 spiro atoms. The Balaban J connectivity index is 1.47. The van der Waals surface area contributed by atoms with E-state index in [0.717, 1.165) is 24.2 Å². The van der Waals surface area contributed by atoms with E-state index in [1.807, 2.05) is 31.1 Å². The summed E-state index contributed by atoms with van der Waals surface area (Å²) in [6.45, 7) is 1.21. The predicted octanol–water partition coefficient (Wildman–Crippen LogP) is 1.85. The summed E-state index contributed by atoms with van der Waals surface area (Å²) in [6.07, 6.45) is 3.36. The average Bonchev–Trinajstić information content (AvgIpc) is 3.35. The molecule has 8 heteroatoms. The molecule has 1 unspecified atom stereocenters. The molecular weight excluding hydrogens is 384 g/mol. The van der Waals surface area contributed by atoms with Crippen LogP contribution in [0.15, 0.2) is 36.5 Å². The topological polar surface area (TPSA) is 91.8 Å². The highest BCUT2D eigenvalue weighted by Crippen LogP contribution is 2.26. The molecule has 1 N–H and O–H groups in total. The third-order valence-corrected chi connectivity index (χ3v) is 5.37. The van der Waals surface area contributed by atoms with E-state index in [4.69, 9.17) is 4.74 Å². The third-order valence-electron chi connectivity index (χ3n) is 5.37. The van der Waals surface area contributed by atoms with E-state index in [1.165, 1.54) is 11.0 Å². The minimum Gasteiger partial charge on any atom is -0.376 e. The molecule has 156 valence electrons. The number of fused-ring (bicyclic) bond motifs is 1. The lowest BCUT2D eigenvalue weighted by Crippen LogP contribution is -2.36. The average molecular weight is 408 g/mol. The van der Waals surface area contributed by atoms with Crippen molar-refractivity contribution in [1.82, 2.24) is 15.2 Å². The fourth-order valence-electron chi connectivity index (χ4n) is 3.84. The highest BCUT2D eigenvalue weighted by molar-refractivity contribution is 6.22. The van der Waals surface area contributed by atoms with Crippen LogP contribution < -0.4 is 10.2 Å². The van der Waals surface area contributed by atoms with E-state index in [2.05, 4.69) is 10.3 Å². The second-order valence-electron chi connectivity index (χ2n) is 7.68. The summed E-state index contributed by atoms with van der Waals surface area (Å²) >= 11 is 0. The second-order valence-corrected chi connectivity index (χ2v) is 7.68. The van der Waals surface area contributed by atoms with Gasteiger partial charge in [0.1, 0.15) is 5.82 Å². The standard InChI is InChI=1S/C22H24N4O4/c1-25(2)19-15(5-3-9-23-19)12-24-20(27)14-7-8-17-18(11-14)22(29)26(21(17)28)13-16-6-4-10-30-16/h3,5,7-9,11,16H,4,6,10,12-13H2,1-2H3,(H,24,27). The van der Waals surface area contributed by atoms with Gasteiger partial charge in [-0.3, -0.25) is 19.3 Å². The molecule has 1 saturated heterocycles. The molecule has 1 aromatic heterocycles. The summed E-state index contributed by atoms with van der Waals surface area (Å²) in [6, 6.07) is 8.34. The van der Waals surface area contributed by atoms with Crippen molar-refractivity contribution in [2.75, 3.05) is 32.1 Å². The van der Waals surface area contributed by atoms with Crippen LogP contribution in [0.3, 0.4) is 0 Å². The SMILES string of the molecule is CN(C)c1ncccc1CNC(=O)c1ccc2c(c1)C(=O)N(CC1CCCO1)C2=O. The van der Waals surface area contributed by atoms with Crippen LogP contribution in [0.2, 0.25) is 0 Å². The first-order valence-corrected chi connectivity index (χ1v) is 9.97. The lowest BCUT2D eigenvalue weighted by molar-refractivity contribution is 0.0475. The number of imide groups is 1. The van der Waals surface area contributed by atoms with Crippen molar-refractivity contribution in [3.8, 4) is 0 Å². The van der Waals surface area contributed by atoms with Gasteiger partial charge in [-0.15, -0.1) is 0 Å². The summed E-state index contributed by atoms with van der Waals surface area (Å²) < 4.78 is 5.55. The summed E-state index contributed by atoms with van der Waals surface area (Å²) in [7, 11) is 3.78. The summed E-state index contributed by atoms with van der Waals surface area (Å²) in [5, 5.41) is 2.86. The molecular formula is C22H24N4O4. The molecule has 0 aliphatic carbocycles. The fraction of sp³-hybridized carbons (Fsp3) is 0.364. The molecule has 2 aliphatic rings. The van der Waals surface area contributed by atoms with Gasteiger partial charge in [-0.05, 0) is 37.1 Å².